The number of likely N-dealkylation sites (tertiary alicyclic amines) is 1. The van der Waals surface area contributed by atoms with Gasteiger partial charge >= 0.3 is 0 Å². The number of fused-ring (bicyclic) bond motifs is 1. The molecule has 4 rings (SSSR count). The van der Waals surface area contributed by atoms with Crippen molar-refractivity contribution in [3.05, 3.63) is 42.2 Å². The molecule has 23 heavy (non-hydrogen) atoms. The lowest BCUT2D eigenvalue weighted by atomic mass is 9.76. The molecule has 1 amide bonds. The number of piperidine rings is 1. The summed E-state index contributed by atoms with van der Waals surface area (Å²) in [4.78, 5) is 19.1. The minimum absolute atomic E-state index is 0.00562. The van der Waals surface area contributed by atoms with Gasteiger partial charge in [0.1, 0.15) is 5.69 Å². The number of rotatable bonds is 1. The van der Waals surface area contributed by atoms with Gasteiger partial charge in [-0.2, -0.15) is 0 Å². The van der Waals surface area contributed by atoms with Crippen LogP contribution in [0.25, 0.3) is 10.8 Å². The average Bonchev–Trinajstić information content (AvgIpc) is 2.93. The zero-order chi connectivity index (χ0) is 15.9. The number of carbonyl (C=O) groups is 1. The number of pyridine rings is 1. The zero-order valence-electron chi connectivity index (χ0n) is 13.2. The Morgan fingerprint density at radius 2 is 2.00 bits per heavy atom. The number of amides is 1. The Balaban J connectivity index is 1.60. The third-order valence-electron chi connectivity index (χ3n) is 5.60. The molecule has 0 unspecified atom stereocenters. The fourth-order valence-corrected chi connectivity index (χ4v) is 4.29. The maximum absolute atomic E-state index is 12.9. The van der Waals surface area contributed by atoms with E-state index in [0.717, 1.165) is 49.4 Å². The SMILES string of the molecule is O=C(c1cc2ccccc2cn1)N1CCC[C@@]2(CCC[C@H]2O)C1. The smallest absolute Gasteiger partial charge is 0.272 e. The molecule has 4 heteroatoms. The van der Waals surface area contributed by atoms with Crippen LogP contribution in [0.5, 0.6) is 0 Å². The molecule has 2 heterocycles. The highest BCUT2D eigenvalue weighted by Gasteiger charge is 2.45. The summed E-state index contributed by atoms with van der Waals surface area (Å²) < 4.78 is 0. The second kappa shape index (κ2) is 5.60. The van der Waals surface area contributed by atoms with Gasteiger partial charge < -0.3 is 10.0 Å². The van der Waals surface area contributed by atoms with Gasteiger partial charge in [-0.1, -0.05) is 30.7 Å². The summed E-state index contributed by atoms with van der Waals surface area (Å²) in [5, 5.41) is 12.4. The van der Waals surface area contributed by atoms with E-state index in [1.807, 2.05) is 35.2 Å². The summed E-state index contributed by atoms with van der Waals surface area (Å²) in [5.74, 6) is -0.00562. The summed E-state index contributed by atoms with van der Waals surface area (Å²) in [6.45, 7) is 1.43. The van der Waals surface area contributed by atoms with E-state index in [1.165, 1.54) is 0 Å². The maximum Gasteiger partial charge on any atom is 0.272 e. The summed E-state index contributed by atoms with van der Waals surface area (Å²) in [6, 6.07) is 9.83. The molecule has 1 saturated carbocycles. The monoisotopic (exact) mass is 310 g/mol. The molecule has 1 N–H and O–H groups in total. The Morgan fingerprint density at radius 3 is 2.78 bits per heavy atom. The van der Waals surface area contributed by atoms with Crippen LogP contribution in [0.15, 0.2) is 36.5 Å². The van der Waals surface area contributed by atoms with Crippen LogP contribution in [0.4, 0.5) is 0 Å². The highest BCUT2D eigenvalue weighted by atomic mass is 16.3. The third-order valence-corrected chi connectivity index (χ3v) is 5.60. The van der Waals surface area contributed by atoms with Crippen molar-refractivity contribution >= 4 is 16.7 Å². The van der Waals surface area contributed by atoms with E-state index in [9.17, 15) is 9.90 Å². The number of carbonyl (C=O) groups excluding carboxylic acids is 1. The predicted octanol–water partition coefficient (Wildman–Crippen LogP) is 3.00. The van der Waals surface area contributed by atoms with Crippen LogP contribution >= 0.6 is 0 Å². The Morgan fingerprint density at radius 1 is 1.22 bits per heavy atom. The van der Waals surface area contributed by atoms with E-state index >= 15 is 0 Å². The minimum atomic E-state index is -0.261. The van der Waals surface area contributed by atoms with E-state index in [2.05, 4.69) is 4.98 Å². The van der Waals surface area contributed by atoms with Crippen LogP contribution in [0.2, 0.25) is 0 Å². The van der Waals surface area contributed by atoms with Crippen LogP contribution in [-0.2, 0) is 0 Å². The minimum Gasteiger partial charge on any atom is -0.392 e. The fraction of sp³-hybridized carbons (Fsp3) is 0.474. The molecule has 4 nitrogen and oxygen atoms in total. The van der Waals surface area contributed by atoms with Crippen molar-refractivity contribution in [2.24, 2.45) is 5.41 Å². The van der Waals surface area contributed by atoms with Crippen LogP contribution in [0.1, 0.15) is 42.6 Å². The van der Waals surface area contributed by atoms with Crippen molar-refractivity contribution in [2.75, 3.05) is 13.1 Å². The summed E-state index contributed by atoms with van der Waals surface area (Å²) in [6.07, 6.45) is 6.48. The first-order valence-electron chi connectivity index (χ1n) is 8.50. The number of benzene rings is 1. The molecule has 2 atom stereocenters. The molecule has 0 bridgehead atoms. The first-order valence-corrected chi connectivity index (χ1v) is 8.50. The maximum atomic E-state index is 12.9. The van der Waals surface area contributed by atoms with Gasteiger partial charge in [0, 0.05) is 30.1 Å². The van der Waals surface area contributed by atoms with Crippen molar-refractivity contribution in [3.63, 3.8) is 0 Å². The molecule has 1 saturated heterocycles. The van der Waals surface area contributed by atoms with Crippen molar-refractivity contribution < 1.29 is 9.90 Å². The van der Waals surface area contributed by atoms with Gasteiger partial charge in [0.05, 0.1) is 6.10 Å². The lowest BCUT2D eigenvalue weighted by molar-refractivity contribution is -0.00554. The van der Waals surface area contributed by atoms with E-state index in [4.69, 9.17) is 0 Å². The number of aliphatic hydroxyl groups excluding tert-OH is 1. The molecule has 2 aromatic rings. The standard InChI is InChI=1S/C19H22N2O2/c22-17-7-3-8-19(17)9-4-10-21(13-19)18(23)16-11-14-5-1-2-6-15(14)12-20-16/h1-2,5-6,11-12,17,22H,3-4,7-10,13H2/t17-,19+/m1/s1. The predicted molar refractivity (Wildman–Crippen MR) is 89.2 cm³/mol. The molecule has 1 aliphatic carbocycles. The van der Waals surface area contributed by atoms with Gasteiger partial charge in [0.2, 0.25) is 0 Å². The van der Waals surface area contributed by atoms with Crippen molar-refractivity contribution in [2.45, 2.75) is 38.2 Å². The summed E-state index contributed by atoms with van der Waals surface area (Å²) in [5.41, 5.74) is 0.429. The molecule has 2 aliphatic rings. The van der Waals surface area contributed by atoms with Gasteiger partial charge in [-0.3, -0.25) is 9.78 Å². The molecule has 1 spiro atoms. The number of aromatic nitrogens is 1. The van der Waals surface area contributed by atoms with Crippen molar-refractivity contribution in [3.8, 4) is 0 Å². The van der Waals surface area contributed by atoms with Gasteiger partial charge in [0.15, 0.2) is 0 Å². The van der Waals surface area contributed by atoms with Gasteiger partial charge in [-0.15, -0.1) is 0 Å². The summed E-state index contributed by atoms with van der Waals surface area (Å²) in [7, 11) is 0. The third kappa shape index (κ3) is 2.51. The Bertz CT molecular complexity index is 745. The Kier molecular flexibility index (Phi) is 3.57. The first kappa shape index (κ1) is 14.6. The highest BCUT2D eigenvalue weighted by Crippen LogP contribution is 2.45. The second-order valence-corrected chi connectivity index (χ2v) is 7.02. The molecular formula is C19H22N2O2. The quantitative estimate of drug-likeness (QED) is 0.881. The largest absolute Gasteiger partial charge is 0.392 e. The zero-order valence-corrected chi connectivity index (χ0v) is 13.2. The lowest BCUT2D eigenvalue weighted by Gasteiger charge is -2.42. The van der Waals surface area contributed by atoms with Crippen LogP contribution < -0.4 is 0 Å². The van der Waals surface area contributed by atoms with Crippen LogP contribution in [-0.4, -0.2) is 40.1 Å². The van der Waals surface area contributed by atoms with E-state index < -0.39 is 0 Å². The lowest BCUT2D eigenvalue weighted by Crippen LogP contribution is -2.49. The highest BCUT2D eigenvalue weighted by molar-refractivity contribution is 5.96. The Hall–Kier alpha value is -1.94. The normalized spacial score (nSPS) is 27.7. The van der Waals surface area contributed by atoms with E-state index in [-0.39, 0.29) is 17.4 Å². The summed E-state index contributed by atoms with van der Waals surface area (Å²) >= 11 is 0. The molecule has 120 valence electrons. The molecule has 1 aliphatic heterocycles. The number of hydrogen-bond donors (Lipinski definition) is 1. The topological polar surface area (TPSA) is 53.4 Å². The fourth-order valence-electron chi connectivity index (χ4n) is 4.29. The number of nitrogens with zero attached hydrogens (tertiary/aromatic N) is 2. The van der Waals surface area contributed by atoms with Gasteiger partial charge in [0.25, 0.3) is 5.91 Å². The van der Waals surface area contributed by atoms with Crippen molar-refractivity contribution in [1.82, 2.24) is 9.88 Å². The molecule has 0 radical (unpaired) electrons. The van der Waals surface area contributed by atoms with Crippen LogP contribution in [0.3, 0.4) is 0 Å². The van der Waals surface area contributed by atoms with E-state index in [1.54, 1.807) is 6.20 Å². The van der Waals surface area contributed by atoms with Crippen molar-refractivity contribution in [1.29, 1.82) is 0 Å². The van der Waals surface area contributed by atoms with E-state index in [0.29, 0.717) is 12.2 Å². The van der Waals surface area contributed by atoms with Crippen LogP contribution in [0, 0.1) is 5.41 Å². The van der Waals surface area contributed by atoms with Gasteiger partial charge in [-0.25, -0.2) is 0 Å². The molecular weight excluding hydrogens is 288 g/mol. The molecule has 2 fully saturated rings. The second-order valence-electron chi connectivity index (χ2n) is 7.02. The van der Waals surface area contributed by atoms with Gasteiger partial charge in [-0.05, 0) is 37.1 Å². The average molecular weight is 310 g/mol. The number of hydrogen-bond acceptors (Lipinski definition) is 3. The molecule has 1 aromatic heterocycles. The number of aliphatic hydroxyl groups is 1. The Labute approximate surface area is 136 Å². The first-order chi connectivity index (χ1) is 11.2. The molecule has 1 aromatic carbocycles.